The minimum Gasteiger partial charge on any atom is -0.338 e. The molecule has 0 aromatic carbocycles. The van der Waals surface area contributed by atoms with Crippen molar-refractivity contribution in [2.45, 2.75) is 25.8 Å². The van der Waals surface area contributed by atoms with E-state index in [1.165, 1.54) is 0 Å². The second kappa shape index (κ2) is 5.40. The van der Waals surface area contributed by atoms with Gasteiger partial charge in [-0.15, -0.1) is 0 Å². The van der Waals surface area contributed by atoms with Gasteiger partial charge in [-0.2, -0.15) is 5.26 Å². The Labute approximate surface area is 84.6 Å². The van der Waals surface area contributed by atoms with Gasteiger partial charge in [0.25, 0.3) is 0 Å². The number of imidazole rings is 1. The zero-order valence-electron chi connectivity index (χ0n) is 8.70. The van der Waals surface area contributed by atoms with Gasteiger partial charge in [-0.3, -0.25) is 0 Å². The summed E-state index contributed by atoms with van der Waals surface area (Å²) < 4.78 is 2.00. The quantitative estimate of drug-likeness (QED) is 0.752. The van der Waals surface area contributed by atoms with Crippen LogP contribution in [0.25, 0.3) is 0 Å². The smallest absolute Gasteiger partial charge is 0.109 e. The molecule has 1 aromatic rings. The Hall–Kier alpha value is -1.34. The number of rotatable bonds is 5. The molecule has 0 aliphatic rings. The number of nitrogens with one attached hydrogen (secondary N) is 1. The third kappa shape index (κ3) is 2.86. The summed E-state index contributed by atoms with van der Waals surface area (Å²) in [6.45, 7) is 2.80. The van der Waals surface area contributed by atoms with Crippen LogP contribution in [0.1, 0.15) is 19.2 Å². The van der Waals surface area contributed by atoms with Crippen LogP contribution in [0.2, 0.25) is 0 Å². The van der Waals surface area contributed by atoms with Crippen molar-refractivity contribution in [1.82, 2.24) is 14.9 Å². The van der Waals surface area contributed by atoms with E-state index in [1.54, 1.807) is 6.20 Å². The average molecular weight is 192 g/mol. The molecule has 0 bridgehead atoms. The van der Waals surface area contributed by atoms with Crippen LogP contribution < -0.4 is 5.32 Å². The molecule has 0 spiro atoms. The fraction of sp³-hybridized carbons (Fsp3) is 0.600. The third-order valence-corrected chi connectivity index (χ3v) is 2.22. The van der Waals surface area contributed by atoms with Crippen LogP contribution in [0, 0.1) is 11.3 Å². The summed E-state index contributed by atoms with van der Waals surface area (Å²) >= 11 is 0. The molecule has 1 heterocycles. The van der Waals surface area contributed by atoms with E-state index in [-0.39, 0.29) is 6.04 Å². The van der Waals surface area contributed by atoms with Gasteiger partial charge in [0, 0.05) is 32.4 Å². The molecule has 76 valence electrons. The summed E-state index contributed by atoms with van der Waals surface area (Å²) in [5.74, 6) is 1.05. The SMILES string of the molecule is CCC(C#N)NCCc1nccn1C. The summed E-state index contributed by atoms with van der Waals surface area (Å²) in [4.78, 5) is 4.20. The van der Waals surface area contributed by atoms with Crippen molar-refractivity contribution in [1.29, 1.82) is 5.26 Å². The molecular weight excluding hydrogens is 176 g/mol. The van der Waals surface area contributed by atoms with Gasteiger partial charge in [-0.25, -0.2) is 4.98 Å². The van der Waals surface area contributed by atoms with Crippen molar-refractivity contribution in [3.8, 4) is 6.07 Å². The predicted molar refractivity (Wildman–Crippen MR) is 54.6 cm³/mol. The standard InChI is InChI=1S/C10H16N4/c1-3-9(8-11)12-5-4-10-13-6-7-14(10)2/h6-7,9,12H,3-5H2,1-2H3. The van der Waals surface area contributed by atoms with Gasteiger partial charge in [0.05, 0.1) is 12.1 Å². The molecule has 1 atom stereocenters. The normalized spacial score (nSPS) is 12.4. The van der Waals surface area contributed by atoms with Gasteiger partial charge in [0.15, 0.2) is 0 Å². The van der Waals surface area contributed by atoms with E-state index in [0.717, 1.165) is 25.2 Å². The molecule has 0 radical (unpaired) electrons. The molecule has 0 saturated carbocycles. The summed E-state index contributed by atoms with van der Waals surface area (Å²) in [6, 6.07) is 2.18. The zero-order chi connectivity index (χ0) is 10.4. The van der Waals surface area contributed by atoms with Crippen molar-refractivity contribution in [3.63, 3.8) is 0 Å². The van der Waals surface area contributed by atoms with Crippen LogP contribution >= 0.6 is 0 Å². The minimum absolute atomic E-state index is 0.0322. The van der Waals surface area contributed by atoms with Gasteiger partial charge in [0.2, 0.25) is 0 Å². The fourth-order valence-electron chi connectivity index (χ4n) is 1.28. The number of hydrogen-bond acceptors (Lipinski definition) is 3. The first kappa shape index (κ1) is 10.7. The molecule has 0 fully saturated rings. The Morgan fingerprint density at radius 2 is 2.50 bits per heavy atom. The van der Waals surface area contributed by atoms with Crippen LogP contribution in [-0.4, -0.2) is 22.1 Å². The van der Waals surface area contributed by atoms with Crippen LogP contribution in [0.3, 0.4) is 0 Å². The van der Waals surface area contributed by atoms with Crippen LogP contribution in [0.5, 0.6) is 0 Å². The Balaban J connectivity index is 2.29. The highest BCUT2D eigenvalue weighted by molar-refractivity contribution is 4.93. The van der Waals surface area contributed by atoms with Crippen LogP contribution in [0.15, 0.2) is 12.4 Å². The number of aromatic nitrogens is 2. The minimum atomic E-state index is -0.0322. The number of nitriles is 1. The van der Waals surface area contributed by atoms with E-state index in [0.29, 0.717) is 0 Å². The summed E-state index contributed by atoms with van der Waals surface area (Å²) in [7, 11) is 1.98. The Kier molecular flexibility index (Phi) is 4.14. The van der Waals surface area contributed by atoms with E-state index >= 15 is 0 Å². The highest BCUT2D eigenvalue weighted by atomic mass is 15.0. The zero-order valence-corrected chi connectivity index (χ0v) is 8.70. The highest BCUT2D eigenvalue weighted by Crippen LogP contribution is 1.95. The first-order valence-corrected chi connectivity index (χ1v) is 4.87. The Morgan fingerprint density at radius 3 is 3.00 bits per heavy atom. The molecule has 0 amide bonds. The molecule has 0 saturated heterocycles. The largest absolute Gasteiger partial charge is 0.338 e. The molecule has 14 heavy (non-hydrogen) atoms. The molecule has 1 unspecified atom stereocenters. The van der Waals surface area contributed by atoms with Gasteiger partial charge in [-0.1, -0.05) is 6.92 Å². The molecule has 1 aromatic heterocycles. The van der Waals surface area contributed by atoms with Crippen molar-refractivity contribution in [3.05, 3.63) is 18.2 Å². The van der Waals surface area contributed by atoms with Crippen molar-refractivity contribution in [2.24, 2.45) is 7.05 Å². The summed E-state index contributed by atoms with van der Waals surface area (Å²) in [5.41, 5.74) is 0. The second-order valence-electron chi connectivity index (χ2n) is 3.25. The van der Waals surface area contributed by atoms with Crippen molar-refractivity contribution >= 4 is 0 Å². The summed E-state index contributed by atoms with van der Waals surface area (Å²) in [5, 5.41) is 11.9. The third-order valence-electron chi connectivity index (χ3n) is 2.22. The Bertz CT molecular complexity index is 310. The second-order valence-corrected chi connectivity index (χ2v) is 3.25. The first-order valence-electron chi connectivity index (χ1n) is 4.87. The van der Waals surface area contributed by atoms with Crippen LogP contribution in [0.4, 0.5) is 0 Å². The van der Waals surface area contributed by atoms with Gasteiger partial charge < -0.3 is 9.88 Å². The monoisotopic (exact) mass is 192 g/mol. The van der Waals surface area contributed by atoms with Gasteiger partial charge in [0.1, 0.15) is 5.82 Å². The lowest BCUT2D eigenvalue weighted by atomic mass is 10.2. The number of nitrogens with zero attached hydrogens (tertiary/aromatic N) is 3. The molecule has 0 aliphatic heterocycles. The highest BCUT2D eigenvalue weighted by Gasteiger charge is 2.03. The topological polar surface area (TPSA) is 53.6 Å². The van der Waals surface area contributed by atoms with Gasteiger partial charge in [-0.05, 0) is 6.42 Å². The van der Waals surface area contributed by atoms with E-state index < -0.39 is 0 Å². The number of hydrogen-bond donors (Lipinski definition) is 1. The van der Waals surface area contributed by atoms with Crippen LogP contribution in [-0.2, 0) is 13.5 Å². The molecule has 1 N–H and O–H groups in total. The lowest BCUT2D eigenvalue weighted by molar-refractivity contribution is 0.576. The van der Waals surface area contributed by atoms with Crippen molar-refractivity contribution < 1.29 is 0 Å². The maximum atomic E-state index is 8.70. The lowest BCUT2D eigenvalue weighted by Gasteiger charge is -2.08. The van der Waals surface area contributed by atoms with E-state index in [2.05, 4.69) is 16.4 Å². The lowest BCUT2D eigenvalue weighted by Crippen LogP contribution is -2.29. The van der Waals surface area contributed by atoms with E-state index in [1.807, 2.05) is 24.7 Å². The van der Waals surface area contributed by atoms with Crippen molar-refractivity contribution in [2.75, 3.05) is 6.54 Å². The average Bonchev–Trinajstić information content (AvgIpc) is 2.59. The molecule has 1 rings (SSSR count). The maximum Gasteiger partial charge on any atom is 0.109 e. The predicted octanol–water partition coefficient (Wildman–Crippen LogP) is 0.854. The number of aryl methyl sites for hydroxylation is 1. The summed E-state index contributed by atoms with van der Waals surface area (Å²) in [6.07, 6.45) is 5.42. The van der Waals surface area contributed by atoms with E-state index in [4.69, 9.17) is 5.26 Å². The molecule has 4 nitrogen and oxygen atoms in total. The molecule has 0 aliphatic carbocycles. The Morgan fingerprint density at radius 1 is 1.71 bits per heavy atom. The molecule has 4 heteroatoms. The first-order chi connectivity index (χ1) is 6.77. The molecular formula is C10H16N4. The van der Waals surface area contributed by atoms with Gasteiger partial charge >= 0.3 is 0 Å². The van der Waals surface area contributed by atoms with E-state index in [9.17, 15) is 0 Å². The maximum absolute atomic E-state index is 8.70. The fourth-order valence-corrected chi connectivity index (χ4v) is 1.28.